The molecule has 2 aromatic carbocycles. The van der Waals surface area contributed by atoms with Crippen LogP contribution in [0.5, 0.6) is 5.75 Å². The zero-order valence-electron chi connectivity index (χ0n) is 15.1. The van der Waals surface area contributed by atoms with E-state index in [0.29, 0.717) is 32.7 Å². The van der Waals surface area contributed by atoms with Crippen LogP contribution in [0, 0.1) is 6.92 Å². The number of hydrogen-bond donors (Lipinski definition) is 2. The highest BCUT2D eigenvalue weighted by atomic mass is 79.9. The number of fused-ring (bicyclic) bond motifs is 1. The predicted octanol–water partition coefficient (Wildman–Crippen LogP) is 3.04. The van der Waals surface area contributed by atoms with Crippen molar-refractivity contribution >= 4 is 45.0 Å². The topological polar surface area (TPSA) is 87.7 Å². The van der Waals surface area contributed by atoms with E-state index in [1.165, 1.54) is 4.90 Å². The predicted molar refractivity (Wildman–Crippen MR) is 105 cm³/mol. The maximum absolute atomic E-state index is 12.8. The fourth-order valence-electron chi connectivity index (χ4n) is 2.61. The number of anilines is 2. The van der Waals surface area contributed by atoms with Crippen molar-refractivity contribution in [2.45, 2.75) is 6.92 Å². The lowest BCUT2D eigenvalue weighted by molar-refractivity contribution is -0.118. The van der Waals surface area contributed by atoms with Crippen molar-refractivity contribution < 1.29 is 19.1 Å². The smallest absolute Gasteiger partial charge is 0.262 e. The lowest BCUT2D eigenvalue weighted by Crippen LogP contribution is -2.26. The second-order valence-electron chi connectivity index (χ2n) is 6.35. The summed E-state index contributed by atoms with van der Waals surface area (Å²) < 4.78 is 5.89. The van der Waals surface area contributed by atoms with Crippen molar-refractivity contribution in [2.75, 3.05) is 31.3 Å². The van der Waals surface area contributed by atoms with Gasteiger partial charge < -0.3 is 20.3 Å². The first kappa shape index (κ1) is 18.9. The Labute approximate surface area is 164 Å². The van der Waals surface area contributed by atoms with Crippen LogP contribution in [-0.2, 0) is 4.79 Å². The molecule has 0 aromatic heterocycles. The maximum Gasteiger partial charge on any atom is 0.262 e. The number of amides is 3. The number of halogens is 1. The molecule has 1 aliphatic heterocycles. The first-order valence-electron chi connectivity index (χ1n) is 8.16. The molecule has 7 nitrogen and oxygen atoms in total. The van der Waals surface area contributed by atoms with E-state index in [4.69, 9.17) is 4.74 Å². The molecule has 27 heavy (non-hydrogen) atoms. The number of hydrogen-bond acceptors (Lipinski definition) is 4. The molecule has 1 heterocycles. The Bertz CT molecular complexity index is 956. The summed E-state index contributed by atoms with van der Waals surface area (Å²) >= 11 is 3.36. The van der Waals surface area contributed by atoms with Gasteiger partial charge in [-0.25, -0.2) is 0 Å². The Kier molecular flexibility index (Phi) is 5.18. The summed E-state index contributed by atoms with van der Waals surface area (Å²) in [6.07, 6.45) is 0. The minimum atomic E-state index is -0.359. The minimum Gasteiger partial charge on any atom is -0.482 e. The van der Waals surface area contributed by atoms with Crippen molar-refractivity contribution in [2.24, 2.45) is 0 Å². The van der Waals surface area contributed by atoms with E-state index in [9.17, 15) is 14.4 Å². The molecule has 3 amide bonds. The van der Waals surface area contributed by atoms with Crippen LogP contribution in [-0.4, -0.2) is 43.3 Å². The highest BCUT2D eigenvalue weighted by molar-refractivity contribution is 9.10. The Morgan fingerprint density at radius 3 is 2.67 bits per heavy atom. The number of carbonyl (C=O) groups is 3. The molecule has 0 radical (unpaired) electrons. The van der Waals surface area contributed by atoms with E-state index in [2.05, 4.69) is 26.6 Å². The van der Waals surface area contributed by atoms with Gasteiger partial charge in [0.15, 0.2) is 6.61 Å². The fourth-order valence-corrected chi connectivity index (χ4v) is 3.14. The van der Waals surface area contributed by atoms with Crippen molar-refractivity contribution in [3.8, 4) is 5.75 Å². The van der Waals surface area contributed by atoms with Crippen molar-refractivity contribution in [1.82, 2.24) is 4.90 Å². The zero-order valence-corrected chi connectivity index (χ0v) is 16.6. The average molecular weight is 432 g/mol. The number of rotatable bonds is 3. The average Bonchev–Trinajstić information content (AvgIpc) is 2.62. The van der Waals surface area contributed by atoms with Gasteiger partial charge in [-0.15, -0.1) is 0 Å². The first-order chi connectivity index (χ1) is 12.8. The molecule has 3 rings (SSSR count). The summed E-state index contributed by atoms with van der Waals surface area (Å²) in [5, 5.41) is 5.52. The van der Waals surface area contributed by atoms with Crippen LogP contribution in [0.15, 0.2) is 34.8 Å². The van der Waals surface area contributed by atoms with Crippen LogP contribution in [0.1, 0.15) is 26.3 Å². The third-order valence-corrected chi connectivity index (χ3v) is 4.74. The molecule has 0 spiro atoms. The van der Waals surface area contributed by atoms with Crippen LogP contribution in [0.2, 0.25) is 0 Å². The van der Waals surface area contributed by atoms with Gasteiger partial charge in [0, 0.05) is 29.8 Å². The largest absolute Gasteiger partial charge is 0.482 e. The van der Waals surface area contributed by atoms with E-state index < -0.39 is 0 Å². The van der Waals surface area contributed by atoms with E-state index in [1.807, 2.05) is 6.92 Å². The van der Waals surface area contributed by atoms with Gasteiger partial charge >= 0.3 is 0 Å². The summed E-state index contributed by atoms with van der Waals surface area (Å²) in [7, 11) is 3.34. The summed E-state index contributed by atoms with van der Waals surface area (Å²) in [5.74, 6) is -0.326. The van der Waals surface area contributed by atoms with Crippen molar-refractivity contribution in [1.29, 1.82) is 0 Å². The SMILES string of the molecule is Cc1ccc(C(=O)N(C)C)cc1NC(=O)c1cc2c(cc1Br)NC(=O)CO2. The van der Waals surface area contributed by atoms with Gasteiger partial charge in [0.05, 0.1) is 11.3 Å². The molecule has 0 atom stereocenters. The van der Waals surface area contributed by atoms with Gasteiger partial charge in [0.1, 0.15) is 5.75 Å². The first-order valence-corrected chi connectivity index (χ1v) is 8.95. The van der Waals surface area contributed by atoms with E-state index in [1.54, 1.807) is 44.4 Å². The molecule has 2 aromatic rings. The van der Waals surface area contributed by atoms with Crippen LogP contribution in [0.4, 0.5) is 11.4 Å². The fraction of sp³-hybridized carbons (Fsp3) is 0.211. The summed E-state index contributed by atoms with van der Waals surface area (Å²) in [6, 6.07) is 8.35. The number of carbonyl (C=O) groups excluding carboxylic acids is 3. The normalized spacial score (nSPS) is 12.5. The molecule has 0 aliphatic carbocycles. The Hall–Kier alpha value is -2.87. The van der Waals surface area contributed by atoms with Crippen LogP contribution in [0.25, 0.3) is 0 Å². The van der Waals surface area contributed by atoms with Gasteiger partial charge in [0.2, 0.25) is 0 Å². The lowest BCUT2D eigenvalue weighted by Gasteiger charge is -2.19. The number of benzene rings is 2. The standard InChI is InChI=1S/C19H18BrN3O4/c1-10-4-5-11(19(26)23(2)3)6-14(10)22-18(25)12-7-16-15(8-13(12)20)21-17(24)9-27-16/h4-8H,9H2,1-3H3,(H,21,24)(H,22,25). The van der Waals surface area contributed by atoms with Crippen LogP contribution in [0.3, 0.4) is 0 Å². The number of nitrogens with one attached hydrogen (secondary N) is 2. The quantitative estimate of drug-likeness (QED) is 0.781. The van der Waals surface area contributed by atoms with Gasteiger partial charge in [0.25, 0.3) is 17.7 Å². The third kappa shape index (κ3) is 3.95. The molecule has 2 N–H and O–H groups in total. The monoisotopic (exact) mass is 431 g/mol. The molecule has 0 unspecified atom stereocenters. The number of aryl methyl sites for hydroxylation is 1. The van der Waals surface area contributed by atoms with Crippen LogP contribution < -0.4 is 15.4 Å². The molecule has 0 fully saturated rings. The number of nitrogens with zero attached hydrogens (tertiary/aromatic N) is 1. The molecule has 8 heteroatoms. The third-order valence-electron chi connectivity index (χ3n) is 4.09. The molecule has 0 bridgehead atoms. The van der Waals surface area contributed by atoms with E-state index in [-0.39, 0.29) is 24.3 Å². The second kappa shape index (κ2) is 7.40. The number of ether oxygens (including phenoxy) is 1. The summed E-state index contributed by atoms with van der Waals surface area (Å²) in [4.78, 5) is 37.8. The minimum absolute atomic E-state index is 0.0938. The maximum atomic E-state index is 12.8. The molecule has 0 saturated carbocycles. The van der Waals surface area contributed by atoms with E-state index in [0.717, 1.165) is 5.56 Å². The summed E-state index contributed by atoms with van der Waals surface area (Å²) in [5.41, 5.74) is 2.72. The molecular weight excluding hydrogens is 414 g/mol. The van der Waals surface area contributed by atoms with Crippen molar-refractivity contribution in [3.63, 3.8) is 0 Å². The van der Waals surface area contributed by atoms with Gasteiger partial charge in [-0.05, 0) is 52.7 Å². The van der Waals surface area contributed by atoms with E-state index >= 15 is 0 Å². The van der Waals surface area contributed by atoms with Gasteiger partial charge in [-0.2, -0.15) is 0 Å². The lowest BCUT2D eigenvalue weighted by atomic mass is 10.1. The zero-order chi connectivity index (χ0) is 19.7. The highest BCUT2D eigenvalue weighted by Crippen LogP contribution is 2.34. The molecular formula is C19H18BrN3O4. The Morgan fingerprint density at radius 2 is 1.96 bits per heavy atom. The summed E-state index contributed by atoms with van der Waals surface area (Å²) in [6.45, 7) is 1.75. The molecule has 140 valence electrons. The Morgan fingerprint density at radius 1 is 1.22 bits per heavy atom. The van der Waals surface area contributed by atoms with Gasteiger partial charge in [-0.3, -0.25) is 14.4 Å². The highest BCUT2D eigenvalue weighted by Gasteiger charge is 2.21. The molecule has 1 aliphatic rings. The van der Waals surface area contributed by atoms with Gasteiger partial charge in [-0.1, -0.05) is 6.07 Å². The second-order valence-corrected chi connectivity index (χ2v) is 7.20. The molecule has 0 saturated heterocycles. The Balaban J connectivity index is 1.89. The van der Waals surface area contributed by atoms with Crippen molar-refractivity contribution in [3.05, 3.63) is 51.5 Å². The van der Waals surface area contributed by atoms with Crippen LogP contribution >= 0.6 is 15.9 Å².